The molecular formula is C57H88O22. The first-order chi connectivity index (χ1) is 36.9. The van der Waals surface area contributed by atoms with Gasteiger partial charge in [-0.1, -0.05) is 72.3 Å². The Morgan fingerprint density at radius 1 is 0.684 bits per heavy atom. The lowest BCUT2D eigenvalue weighted by atomic mass is 9.33. The molecule has 8 rings (SSSR count). The largest absolute Gasteiger partial charge is 0.479 e. The maximum atomic E-state index is 13.8. The molecule has 448 valence electrons. The molecule has 79 heavy (non-hydrogen) atoms. The molecule has 25 atom stereocenters. The summed E-state index contributed by atoms with van der Waals surface area (Å²) in [5.41, 5.74) is -2.71. The van der Waals surface area contributed by atoms with E-state index < -0.39 is 181 Å². The highest BCUT2D eigenvalue weighted by Crippen LogP contribution is 2.76. The predicted octanol–water partition coefficient (Wildman–Crippen LogP) is 1.29. The van der Waals surface area contributed by atoms with Crippen LogP contribution in [0.2, 0.25) is 0 Å². The summed E-state index contributed by atoms with van der Waals surface area (Å²) in [6.45, 7) is 19.6. The maximum Gasteiger partial charge on any atom is 0.335 e. The van der Waals surface area contributed by atoms with Crippen molar-refractivity contribution in [1.29, 1.82) is 0 Å². The van der Waals surface area contributed by atoms with Crippen LogP contribution in [0, 0.1) is 50.2 Å². The number of aliphatic hydroxyl groups excluding tert-OH is 10. The van der Waals surface area contributed by atoms with Crippen LogP contribution in [-0.2, 0) is 52.3 Å². The molecular weight excluding hydrogens is 1040 g/mol. The Morgan fingerprint density at radius 2 is 1.29 bits per heavy atom. The standard InChI is InChI=1S/C57H88O22/c1-12-25(3)47(70)78-44-45(79-48(71)26(4)13-2)57(24-59)28(20-52(44,5)6)27-14-15-32-54(9)18-17-34(53(7,8)31(54)16-19-55(32,10)56(27,11)21-33(57)61)74-51-43(77-50-39(66)37(64)36(63)30(22-58)73-50)41(40(67)42(76-51)46(68)69)75-49-38(65)35(62)29(60)23-72-49/h12-14,28-45,49-51,58-67H,15-24H2,1-11H3,(H,68,69)/b25-12-,26-13-/t28?,29-,30?,31?,32?,33-,34+,35-,36+,37?,38?,39+,40+,41?,42?,43+,44+,45+,49?,50+,51-,54+,55-,56-,57+/m1/s1. The number of hydrogen-bond acceptors (Lipinski definition) is 21. The maximum absolute atomic E-state index is 13.8. The lowest BCUT2D eigenvalue weighted by Gasteiger charge is -2.72. The number of carboxylic acid groups (broad SMARTS) is 1. The van der Waals surface area contributed by atoms with Gasteiger partial charge in [-0.3, -0.25) is 0 Å². The molecule has 0 aromatic heterocycles. The third-order valence-corrected chi connectivity index (χ3v) is 21.2. The average molecular weight is 1130 g/mol. The minimum Gasteiger partial charge on any atom is -0.479 e. The van der Waals surface area contributed by atoms with Gasteiger partial charge in [-0.15, -0.1) is 0 Å². The Morgan fingerprint density at radius 3 is 1.89 bits per heavy atom. The smallest absolute Gasteiger partial charge is 0.335 e. The highest BCUT2D eigenvalue weighted by molar-refractivity contribution is 5.89. The second-order valence-electron chi connectivity index (χ2n) is 26.0. The van der Waals surface area contributed by atoms with Crippen LogP contribution in [0.25, 0.3) is 0 Å². The van der Waals surface area contributed by atoms with Crippen LogP contribution in [0.5, 0.6) is 0 Å². The minimum atomic E-state index is -2.10. The molecule has 8 aliphatic rings. The van der Waals surface area contributed by atoms with Crippen molar-refractivity contribution in [1.82, 2.24) is 0 Å². The summed E-state index contributed by atoms with van der Waals surface area (Å²) in [6.07, 6.45) is -20.6. The zero-order valence-electron chi connectivity index (χ0n) is 47.3. The van der Waals surface area contributed by atoms with E-state index >= 15 is 0 Å². The third-order valence-electron chi connectivity index (χ3n) is 21.2. The van der Waals surface area contributed by atoms with Crippen molar-refractivity contribution in [2.24, 2.45) is 50.2 Å². The van der Waals surface area contributed by atoms with Crippen LogP contribution in [0.1, 0.15) is 121 Å². The quantitative estimate of drug-likeness (QED) is 0.0536. The summed E-state index contributed by atoms with van der Waals surface area (Å²) in [7, 11) is 0. The molecule has 22 heteroatoms. The Labute approximate surface area is 461 Å². The fourth-order valence-electron chi connectivity index (χ4n) is 16.1. The van der Waals surface area contributed by atoms with Gasteiger partial charge in [0, 0.05) is 16.6 Å². The zero-order valence-corrected chi connectivity index (χ0v) is 47.3. The van der Waals surface area contributed by atoms with Crippen molar-refractivity contribution in [2.75, 3.05) is 19.8 Å². The van der Waals surface area contributed by atoms with Crippen LogP contribution in [0.4, 0.5) is 0 Å². The van der Waals surface area contributed by atoms with Gasteiger partial charge in [0.1, 0.15) is 67.1 Å². The van der Waals surface area contributed by atoms with E-state index in [-0.39, 0.29) is 23.7 Å². The van der Waals surface area contributed by atoms with Gasteiger partial charge in [0.25, 0.3) is 0 Å². The van der Waals surface area contributed by atoms with Gasteiger partial charge < -0.3 is 94.1 Å². The molecule has 3 saturated heterocycles. The zero-order chi connectivity index (χ0) is 58.4. The molecule has 0 bridgehead atoms. The van der Waals surface area contributed by atoms with E-state index in [9.17, 15) is 70.6 Å². The Kier molecular flexibility index (Phi) is 17.7. The van der Waals surface area contributed by atoms with Crippen LogP contribution in [-0.4, -0.2) is 204 Å². The van der Waals surface area contributed by atoms with E-state index in [1.807, 2.05) is 13.8 Å². The number of carbonyl (C=O) groups is 3. The first-order valence-electron chi connectivity index (χ1n) is 28.0. The monoisotopic (exact) mass is 1120 g/mol. The van der Waals surface area contributed by atoms with Gasteiger partial charge in [-0.2, -0.15) is 0 Å². The van der Waals surface area contributed by atoms with E-state index in [0.717, 1.165) is 5.57 Å². The highest BCUT2D eigenvalue weighted by Gasteiger charge is 2.74. The minimum absolute atomic E-state index is 0.0231. The summed E-state index contributed by atoms with van der Waals surface area (Å²) in [5.74, 6) is -3.40. The number of rotatable bonds is 13. The second-order valence-corrected chi connectivity index (χ2v) is 26.0. The molecule has 0 aromatic rings. The summed E-state index contributed by atoms with van der Waals surface area (Å²) >= 11 is 0. The lowest BCUT2D eigenvalue weighted by Crippen LogP contribution is -2.72. The van der Waals surface area contributed by atoms with Gasteiger partial charge in [-0.05, 0) is 112 Å². The molecule has 3 aliphatic heterocycles. The summed E-state index contributed by atoms with van der Waals surface area (Å²) in [4.78, 5) is 40.3. The van der Waals surface area contributed by atoms with Crippen molar-refractivity contribution in [3.05, 3.63) is 34.9 Å². The Bertz CT molecular complexity index is 2350. The van der Waals surface area contributed by atoms with Gasteiger partial charge >= 0.3 is 17.9 Å². The number of fused-ring (bicyclic) bond motifs is 7. The highest BCUT2D eigenvalue weighted by atomic mass is 16.8. The molecule has 0 aromatic carbocycles. The van der Waals surface area contributed by atoms with E-state index in [4.69, 9.17) is 37.9 Å². The molecule has 0 amide bonds. The van der Waals surface area contributed by atoms with Crippen molar-refractivity contribution in [2.45, 2.75) is 232 Å². The molecule has 5 aliphatic carbocycles. The van der Waals surface area contributed by atoms with E-state index in [1.54, 1.807) is 39.8 Å². The molecule has 0 radical (unpaired) electrons. The molecule has 9 unspecified atom stereocenters. The fraction of sp³-hybridized carbons (Fsp3) is 0.842. The topological polar surface area (TPSA) is 348 Å². The van der Waals surface area contributed by atoms with E-state index in [2.05, 4.69) is 40.7 Å². The number of allylic oxidation sites excluding steroid dienone is 4. The van der Waals surface area contributed by atoms with Gasteiger partial charge in [-0.25, -0.2) is 14.4 Å². The van der Waals surface area contributed by atoms with E-state index in [1.165, 1.54) is 0 Å². The normalized spacial score (nSPS) is 48.7. The number of carbonyl (C=O) groups excluding carboxylic acids is 2. The molecule has 7 fully saturated rings. The summed E-state index contributed by atoms with van der Waals surface area (Å²) in [5, 5.41) is 121. The summed E-state index contributed by atoms with van der Waals surface area (Å²) < 4.78 is 49.1. The average Bonchev–Trinajstić information content (AvgIpc) is 3.49. The Balaban J connectivity index is 1.12. The fourth-order valence-corrected chi connectivity index (χ4v) is 16.1. The number of carboxylic acids is 1. The van der Waals surface area contributed by atoms with Crippen LogP contribution in [0.15, 0.2) is 34.9 Å². The number of aliphatic hydroxyl groups is 10. The van der Waals surface area contributed by atoms with Crippen LogP contribution in [0.3, 0.4) is 0 Å². The molecule has 3 heterocycles. The molecule has 0 spiro atoms. The Hall–Kier alpha value is -3.01. The number of hydrogen-bond donors (Lipinski definition) is 11. The van der Waals surface area contributed by atoms with Gasteiger partial charge in [0.2, 0.25) is 0 Å². The lowest BCUT2D eigenvalue weighted by molar-refractivity contribution is -0.392. The van der Waals surface area contributed by atoms with Crippen molar-refractivity contribution >= 4 is 17.9 Å². The SMILES string of the molecule is C/C=C(/C)C(=O)O[C@H]1[C@H](OC(=O)/C(C)=C\C)[C@@]2(CO)C(CC1(C)C)C1=CCC3[C@@]4(C)CC[C@H](O[C@@H]5OC(C(=O)O)[C@@H](O)C(OC6OC[C@@H](O)[C@@H](O)C6O)[C@@H]5O[C@@H]5OC(CO)[C@H](O)C(O)[C@@H]5O)C(C)(C)C4CC[C@@]3(C)[C@]1(C)C[C@H]2O. The second kappa shape index (κ2) is 22.5. The van der Waals surface area contributed by atoms with Crippen LogP contribution < -0.4 is 0 Å². The molecule has 4 saturated carbocycles. The number of esters is 2. The predicted molar refractivity (Wildman–Crippen MR) is 275 cm³/mol. The van der Waals surface area contributed by atoms with Gasteiger partial charge in [0.15, 0.2) is 31.1 Å². The molecule has 11 N–H and O–H groups in total. The van der Waals surface area contributed by atoms with Crippen molar-refractivity contribution < 1.29 is 108 Å². The third kappa shape index (κ3) is 10.1. The van der Waals surface area contributed by atoms with Crippen molar-refractivity contribution in [3.63, 3.8) is 0 Å². The van der Waals surface area contributed by atoms with Crippen LogP contribution >= 0.6 is 0 Å². The van der Waals surface area contributed by atoms with Crippen molar-refractivity contribution in [3.8, 4) is 0 Å². The summed E-state index contributed by atoms with van der Waals surface area (Å²) in [6, 6.07) is 0. The van der Waals surface area contributed by atoms with E-state index in [0.29, 0.717) is 49.7 Å². The van der Waals surface area contributed by atoms with Gasteiger partial charge in [0.05, 0.1) is 37.4 Å². The first kappa shape index (κ1) is 62.0. The first-order valence-corrected chi connectivity index (χ1v) is 28.0. The molecule has 22 nitrogen and oxygen atoms in total. The number of aliphatic carboxylic acids is 1. The number of ether oxygens (including phenoxy) is 8.